The van der Waals surface area contributed by atoms with Crippen LogP contribution in [0.15, 0.2) is 8.95 Å². The van der Waals surface area contributed by atoms with Gasteiger partial charge in [-0.05, 0) is 68.0 Å². The summed E-state index contributed by atoms with van der Waals surface area (Å²) in [4.78, 5) is 0. The second kappa shape index (κ2) is 5.20. The van der Waals surface area contributed by atoms with Crippen LogP contribution in [0, 0.1) is 13.8 Å². The fraction of sp³-hybridized carbons (Fsp3) is 0.400. The maximum absolute atomic E-state index is 5.89. The van der Waals surface area contributed by atoms with E-state index in [1.807, 2.05) is 0 Å². The molecule has 0 radical (unpaired) electrons. The van der Waals surface area contributed by atoms with E-state index >= 15 is 0 Å². The van der Waals surface area contributed by atoms with Gasteiger partial charge in [-0.1, -0.05) is 0 Å². The summed E-state index contributed by atoms with van der Waals surface area (Å²) in [7, 11) is 0. The first-order valence-electron chi connectivity index (χ1n) is 4.12. The normalized spacial score (nSPS) is 10.7. The molecule has 1 rings (SSSR count). The Bertz CT molecular complexity index is 298. The molecular weight excluding hydrogens is 351 g/mol. The van der Waals surface area contributed by atoms with E-state index in [9.17, 15) is 0 Å². The average molecular weight is 361 g/mol. The van der Waals surface area contributed by atoms with Crippen molar-refractivity contribution in [2.75, 3.05) is 0 Å². The minimum atomic E-state index is 0.508. The Labute approximate surface area is 111 Å². The monoisotopic (exact) mass is 358 g/mol. The predicted octanol–water partition coefficient (Wildman–Crippen LogP) is 5.31. The van der Waals surface area contributed by atoms with Crippen LogP contribution in [0.5, 0.6) is 0 Å². The van der Waals surface area contributed by atoms with Crippen molar-refractivity contribution in [3.8, 4) is 0 Å². The van der Waals surface area contributed by atoms with Gasteiger partial charge in [0.15, 0.2) is 0 Å². The van der Waals surface area contributed by atoms with E-state index in [-0.39, 0.29) is 0 Å². The first-order valence-corrected chi connectivity index (χ1v) is 6.77. The van der Waals surface area contributed by atoms with E-state index in [0.717, 1.165) is 20.1 Å². The highest BCUT2D eigenvalue weighted by Crippen LogP contribution is 2.37. The number of hydrogen-bond donors (Lipinski definition) is 0. The van der Waals surface area contributed by atoms with Crippen LogP contribution in [0.2, 0.25) is 0 Å². The van der Waals surface area contributed by atoms with Gasteiger partial charge < -0.3 is 0 Å². The molecule has 0 bridgehead atoms. The lowest BCUT2D eigenvalue weighted by Gasteiger charge is -2.15. The summed E-state index contributed by atoms with van der Waals surface area (Å²) in [5.74, 6) is 1.02. The molecule has 0 amide bonds. The first kappa shape index (κ1) is 12.8. The quantitative estimate of drug-likeness (QED) is 0.627. The van der Waals surface area contributed by atoms with Gasteiger partial charge in [-0.3, -0.25) is 0 Å². The highest BCUT2D eigenvalue weighted by Gasteiger charge is 2.15. The van der Waals surface area contributed by atoms with Crippen LogP contribution in [-0.4, -0.2) is 0 Å². The van der Waals surface area contributed by atoms with Crippen molar-refractivity contribution in [1.82, 2.24) is 0 Å². The first-order chi connectivity index (χ1) is 6.54. The summed E-state index contributed by atoms with van der Waals surface area (Å²) in [5, 5.41) is 0. The molecule has 0 saturated heterocycles. The number of benzene rings is 1. The smallest absolute Gasteiger partial charge is 0.0488 e. The van der Waals surface area contributed by atoms with Crippen LogP contribution in [0.25, 0.3) is 0 Å². The Morgan fingerprint density at radius 3 is 1.36 bits per heavy atom. The lowest BCUT2D eigenvalue weighted by molar-refractivity contribution is 1.15. The summed E-state index contributed by atoms with van der Waals surface area (Å²) >= 11 is 18.8. The van der Waals surface area contributed by atoms with Crippen molar-refractivity contribution < 1.29 is 0 Å². The lowest BCUT2D eigenvalue weighted by Crippen LogP contribution is -1.98. The maximum Gasteiger partial charge on any atom is 0.0488 e. The molecule has 0 aromatic heterocycles. The number of hydrogen-bond acceptors (Lipinski definition) is 0. The van der Waals surface area contributed by atoms with Crippen molar-refractivity contribution in [2.24, 2.45) is 0 Å². The molecule has 0 aliphatic rings. The molecule has 0 atom stereocenters. The zero-order valence-electron chi connectivity index (χ0n) is 7.93. The van der Waals surface area contributed by atoms with Crippen LogP contribution in [0.1, 0.15) is 22.3 Å². The largest absolute Gasteiger partial charge is 0.121 e. The minimum absolute atomic E-state index is 0.508. The van der Waals surface area contributed by atoms with E-state index in [2.05, 4.69) is 45.7 Å². The third-order valence-electron chi connectivity index (χ3n) is 2.46. The van der Waals surface area contributed by atoms with Gasteiger partial charge in [0.25, 0.3) is 0 Å². The molecule has 0 heterocycles. The summed E-state index contributed by atoms with van der Waals surface area (Å²) in [6.45, 7) is 4.14. The van der Waals surface area contributed by atoms with Gasteiger partial charge in [0.05, 0.1) is 0 Å². The molecule has 0 saturated carbocycles. The van der Waals surface area contributed by atoms with Crippen LogP contribution < -0.4 is 0 Å². The van der Waals surface area contributed by atoms with Crippen LogP contribution >= 0.6 is 55.1 Å². The molecule has 0 aliphatic heterocycles. The third kappa shape index (κ3) is 2.13. The molecule has 0 unspecified atom stereocenters. The fourth-order valence-electron chi connectivity index (χ4n) is 1.36. The van der Waals surface area contributed by atoms with Gasteiger partial charge in [0.1, 0.15) is 0 Å². The molecule has 0 N–H and O–H groups in total. The average Bonchev–Trinajstić information content (AvgIpc) is 2.17. The van der Waals surface area contributed by atoms with Gasteiger partial charge in [-0.25, -0.2) is 0 Å². The summed E-state index contributed by atoms with van der Waals surface area (Å²) in [6, 6.07) is 0. The Balaban J connectivity index is 3.55. The Kier molecular flexibility index (Phi) is 4.76. The highest BCUT2D eigenvalue weighted by atomic mass is 79.9. The van der Waals surface area contributed by atoms with Crippen molar-refractivity contribution >= 4 is 55.1 Å². The molecule has 0 nitrogen and oxygen atoms in total. The standard InChI is InChI=1S/C10H10Br2Cl2/c1-5-6(2)8(4-14)10(12)9(11)7(5)3-13/h3-4H2,1-2H3. The summed E-state index contributed by atoms with van der Waals surface area (Å²) in [5.41, 5.74) is 4.69. The number of halogens is 4. The Morgan fingerprint density at radius 2 is 1.14 bits per heavy atom. The van der Waals surface area contributed by atoms with Crippen LogP contribution in [0.4, 0.5) is 0 Å². The molecule has 1 aromatic carbocycles. The lowest BCUT2D eigenvalue weighted by atomic mass is 10.00. The molecule has 14 heavy (non-hydrogen) atoms. The molecule has 1 aromatic rings. The van der Waals surface area contributed by atoms with E-state index in [1.165, 1.54) is 11.1 Å². The zero-order chi connectivity index (χ0) is 10.9. The SMILES string of the molecule is Cc1c(C)c(CCl)c(Br)c(Br)c1CCl. The topological polar surface area (TPSA) is 0 Å². The van der Waals surface area contributed by atoms with Crippen molar-refractivity contribution in [1.29, 1.82) is 0 Å². The zero-order valence-corrected chi connectivity index (χ0v) is 12.6. The predicted molar refractivity (Wildman–Crippen MR) is 70.4 cm³/mol. The van der Waals surface area contributed by atoms with E-state index in [0.29, 0.717) is 11.8 Å². The van der Waals surface area contributed by atoms with E-state index in [4.69, 9.17) is 23.2 Å². The van der Waals surface area contributed by atoms with Crippen molar-refractivity contribution in [2.45, 2.75) is 25.6 Å². The molecule has 0 spiro atoms. The highest BCUT2D eigenvalue weighted by molar-refractivity contribution is 9.13. The Morgan fingerprint density at radius 1 is 0.857 bits per heavy atom. The van der Waals surface area contributed by atoms with Gasteiger partial charge in [0, 0.05) is 20.7 Å². The van der Waals surface area contributed by atoms with Crippen LogP contribution in [-0.2, 0) is 11.8 Å². The molecule has 0 aliphatic carbocycles. The van der Waals surface area contributed by atoms with Crippen LogP contribution in [0.3, 0.4) is 0 Å². The maximum atomic E-state index is 5.89. The van der Waals surface area contributed by atoms with Gasteiger partial charge >= 0.3 is 0 Å². The van der Waals surface area contributed by atoms with E-state index in [1.54, 1.807) is 0 Å². The second-order valence-electron chi connectivity index (χ2n) is 3.10. The van der Waals surface area contributed by atoms with Crippen molar-refractivity contribution in [3.05, 3.63) is 31.2 Å². The van der Waals surface area contributed by atoms with Crippen molar-refractivity contribution in [3.63, 3.8) is 0 Å². The molecule has 4 heteroatoms. The van der Waals surface area contributed by atoms with Gasteiger partial charge in [-0.2, -0.15) is 0 Å². The Hall–Kier alpha value is 0.760. The molecular formula is C10H10Br2Cl2. The molecule has 0 fully saturated rings. The molecule has 78 valence electrons. The minimum Gasteiger partial charge on any atom is -0.121 e. The van der Waals surface area contributed by atoms with Gasteiger partial charge in [-0.15, -0.1) is 23.2 Å². The number of alkyl halides is 2. The third-order valence-corrected chi connectivity index (χ3v) is 5.27. The summed E-state index contributed by atoms with van der Waals surface area (Å²) < 4.78 is 2.04. The summed E-state index contributed by atoms with van der Waals surface area (Å²) in [6.07, 6.45) is 0. The van der Waals surface area contributed by atoms with E-state index < -0.39 is 0 Å². The second-order valence-corrected chi connectivity index (χ2v) is 5.22. The number of rotatable bonds is 2. The fourth-order valence-corrected chi connectivity index (χ4v) is 3.71. The van der Waals surface area contributed by atoms with Gasteiger partial charge in [0.2, 0.25) is 0 Å².